The number of nitrogens with zero attached hydrogens (tertiary/aromatic N) is 5. The van der Waals surface area contributed by atoms with Crippen molar-refractivity contribution >= 4 is 36.0 Å². The van der Waals surface area contributed by atoms with E-state index in [-0.39, 0.29) is 24.2 Å². The zero-order valence-electron chi connectivity index (χ0n) is 29.0. The van der Waals surface area contributed by atoms with Crippen molar-refractivity contribution < 1.29 is 27.4 Å². The summed E-state index contributed by atoms with van der Waals surface area (Å²) in [5, 5.41) is 4.57. The number of benzene rings is 1. The van der Waals surface area contributed by atoms with E-state index in [0.29, 0.717) is 42.0 Å². The van der Waals surface area contributed by atoms with Gasteiger partial charge in [0.05, 0.1) is 34.1 Å². The van der Waals surface area contributed by atoms with Gasteiger partial charge in [0, 0.05) is 39.8 Å². The molecule has 266 valence electrons. The van der Waals surface area contributed by atoms with E-state index in [1.54, 1.807) is 0 Å². The van der Waals surface area contributed by atoms with Crippen molar-refractivity contribution in [2.24, 2.45) is 17.8 Å². The summed E-state index contributed by atoms with van der Waals surface area (Å²) in [7, 11) is -1.27. The Hall–Kier alpha value is -3.04. The average molecular weight is 700 g/mol. The van der Waals surface area contributed by atoms with Crippen LogP contribution in [-0.4, -0.2) is 69.9 Å². The Morgan fingerprint density at radius 1 is 1.04 bits per heavy atom. The molecule has 1 saturated heterocycles. The van der Waals surface area contributed by atoms with Crippen LogP contribution in [0.25, 0.3) is 22.1 Å². The van der Waals surface area contributed by atoms with Crippen molar-refractivity contribution in [3.8, 4) is 0 Å². The molecule has 49 heavy (non-hydrogen) atoms. The Balaban J connectivity index is 0.960. The first-order valence-electron chi connectivity index (χ1n) is 17.4. The van der Waals surface area contributed by atoms with Crippen LogP contribution in [0.4, 0.5) is 19.0 Å². The van der Waals surface area contributed by atoms with Crippen molar-refractivity contribution in [3.63, 3.8) is 0 Å². The summed E-state index contributed by atoms with van der Waals surface area (Å²) in [6, 6.07) is 6.90. The number of alkyl halides is 3. The van der Waals surface area contributed by atoms with Gasteiger partial charge in [-0.1, -0.05) is 19.6 Å². The van der Waals surface area contributed by atoms with Crippen molar-refractivity contribution in [3.05, 3.63) is 48.2 Å². The molecule has 3 aliphatic rings. The van der Waals surface area contributed by atoms with Gasteiger partial charge in [0.2, 0.25) is 0 Å². The van der Waals surface area contributed by atoms with E-state index in [1.165, 1.54) is 12.4 Å². The summed E-state index contributed by atoms with van der Waals surface area (Å²) in [6.45, 7) is 13.5. The number of halogens is 3. The number of nitrogens with two attached hydrogens (primary N) is 1. The molecule has 0 amide bonds. The second-order valence-corrected chi connectivity index (χ2v) is 21.5. The van der Waals surface area contributed by atoms with Crippen LogP contribution in [0.1, 0.15) is 50.5 Å². The summed E-state index contributed by atoms with van der Waals surface area (Å²) in [4.78, 5) is 13.4. The van der Waals surface area contributed by atoms with E-state index >= 15 is 0 Å². The molecule has 2 unspecified atom stereocenters. The zero-order chi connectivity index (χ0) is 34.7. The fourth-order valence-corrected chi connectivity index (χ4v) is 8.67. The minimum Gasteiger partial charge on any atom is -0.383 e. The standard InChI is InChI=1S/C35H48F3N7O3Si/c1-34(2)47-30-23(15-28(31(30)48-34)44-9-8-25-32(39)41-19-42-33(25)44)18-40-17-22-12-21(13-22)14-29-43-26-16-24(35(36,37)38)6-7-27(26)45(29)20-46-10-11-49(3,4)5/h6-9,16,19,21-23,28,30-31,40H,10-15,17-18,20H2,1-5H3,(H2,39,41,42)/t21?,22?,23-,28?,30-,31?/m1/s1. The largest absolute Gasteiger partial charge is 0.416 e. The molecular formula is C35H48F3N7O3Si. The van der Waals surface area contributed by atoms with E-state index in [2.05, 4.69) is 39.5 Å². The lowest BCUT2D eigenvalue weighted by molar-refractivity contribution is -0.160. The maximum Gasteiger partial charge on any atom is 0.416 e. The molecule has 4 aromatic rings. The number of hydrogen-bond donors (Lipinski definition) is 2. The topological polar surface area (TPSA) is 114 Å². The lowest BCUT2D eigenvalue weighted by atomic mass is 9.73. The van der Waals surface area contributed by atoms with Crippen LogP contribution < -0.4 is 11.1 Å². The highest BCUT2D eigenvalue weighted by Gasteiger charge is 2.54. The van der Waals surface area contributed by atoms with E-state index < -0.39 is 25.6 Å². The summed E-state index contributed by atoms with van der Waals surface area (Å²) in [5.74, 6) is 1.84. The molecule has 3 N–H and O–H groups in total. The van der Waals surface area contributed by atoms with Gasteiger partial charge in [0.15, 0.2) is 5.79 Å². The number of anilines is 1. The van der Waals surface area contributed by atoms with Gasteiger partial charge in [0.25, 0.3) is 0 Å². The fraction of sp³-hybridized carbons (Fsp3) is 0.629. The van der Waals surface area contributed by atoms with Crippen molar-refractivity contribution in [2.45, 2.75) is 102 Å². The Kier molecular flexibility index (Phi) is 9.08. The van der Waals surface area contributed by atoms with Crippen molar-refractivity contribution in [2.75, 3.05) is 25.4 Å². The van der Waals surface area contributed by atoms with Crippen LogP contribution >= 0.6 is 0 Å². The van der Waals surface area contributed by atoms with Crippen LogP contribution in [0.15, 0.2) is 36.8 Å². The molecule has 2 saturated carbocycles. The number of nitrogens with one attached hydrogen (secondary N) is 1. The molecule has 2 aliphatic carbocycles. The van der Waals surface area contributed by atoms with Gasteiger partial charge < -0.3 is 34.4 Å². The quantitative estimate of drug-likeness (QED) is 0.125. The second kappa shape index (κ2) is 12.9. The Morgan fingerprint density at radius 2 is 1.82 bits per heavy atom. The average Bonchev–Trinajstić information content (AvgIpc) is 3.73. The summed E-state index contributed by atoms with van der Waals surface area (Å²) in [6.07, 6.45) is 2.70. The number of rotatable bonds is 12. The molecule has 3 aromatic heterocycles. The molecule has 7 rings (SSSR count). The molecule has 0 bridgehead atoms. The van der Waals surface area contributed by atoms with Crippen LogP contribution in [0.3, 0.4) is 0 Å². The first-order chi connectivity index (χ1) is 23.1. The van der Waals surface area contributed by atoms with Crippen LogP contribution in [0, 0.1) is 17.8 Å². The number of imidazole rings is 1. The highest BCUT2D eigenvalue weighted by molar-refractivity contribution is 6.76. The Bertz CT molecular complexity index is 1800. The fourth-order valence-electron chi connectivity index (χ4n) is 7.92. The monoisotopic (exact) mass is 699 g/mol. The smallest absolute Gasteiger partial charge is 0.383 e. The number of nitrogen functional groups attached to an aromatic ring is 1. The van der Waals surface area contributed by atoms with E-state index in [9.17, 15) is 13.2 Å². The summed E-state index contributed by atoms with van der Waals surface area (Å²) in [5.41, 5.74) is 7.31. The highest BCUT2D eigenvalue weighted by atomic mass is 28.3. The normalized spacial score (nSPS) is 26.9. The van der Waals surface area contributed by atoms with Gasteiger partial charge >= 0.3 is 6.18 Å². The van der Waals surface area contributed by atoms with Gasteiger partial charge in [-0.3, -0.25) is 0 Å². The third-order valence-electron chi connectivity index (χ3n) is 10.5. The molecule has 0 spiro atoms. The van der Waals surface area contributed by atoms with Crippen LogP contribution in [0.5, 0.6) is 0 Å². The number of aromatic nitrogens is 5. The van der Waals surface area contributed by atoms with E-state index in [4.69, 9.17) is 24.9 Å². The van der Waals surface area contributed by atoms with Crippen molar-refractivity contribution in [1.29, 1.82) is 0 Å². The number of ether oxygens (including phenoxy) is 3. The summed E-state index contributed by atoms with van der Waals surface area (Å²) >= 11 is 0. The first-order valence-corrected chi connectivity index (χ1v) is 21.1. The maximum atomic E-state index is 13.5. The molecule has 4 heterocycles. The molecule has 0 radical (unpaired) electrons. The van der Waals surface area contributed by atoms with Gasteiger partial charge in [-0.25, -0.2) is 15.0 Å². The van der Waals surface area contributed by atoms with E-state index in [1.807, 2.05) is 30.7 Å². The maximum absolute atomic E-state index is 13.5. The number of hydrogen-bond acceptors (Lipinski definition) is 8. The number of fused-ring (bicyclic) bond motifs is 3. The molecule has 14 heteroatoms. The molecule has 1 aliphatic heterocycles. The van der Waals surface area contributed by atoms with Crippen molar-refractivity contribution in [1.82, 2.24) is 29.4 Å². The Morgan fingerprint density at radius 3 is 2.57 bits per heavy atom. The highest BCUT2D eigenvalue weighted by Crippen LogP contribution is 2.48. The first kappa shape index (κ1) is 34.4. The van der Waals surface area contributed by atoms with Crippen LogP contribution in [-0.2, 0) is 33.5 Å². The SMILES string of the molecule is CC1(C)OC2C(n3ccc4c(N)ncnc43)C[C@H](CNCC3CC(Cc4nc5cc(C(F)(F)F)ccc5n4COCC[Si](C)(C)C)C3)[C@H]2O1. The second-order valence-electron chi connectivity index (χ2n) is 15.9. The lowest BCUT2D eigenvalue weighted by Crippen LogP contribution is -2.38. The molecule has 10 nitrogen and oxygen atoms in total. The predicted octanol–water partition coefficient (Wildman–Crippen LogP) is 6.63. The Labute approximate surface area is 285 Å². The predicted molar refractivity (Wildman–Crippen MR) is 185 cm³/mol. The van der Waals surface area contributed by atoms with Gasteiger partial charge in [-0.15, -0.1) is 0 Å². The van der Waals surface area contributed by atoms with Gasteiger partial charge in [0.1, 0.15) is 36.5 Å². The molecule has 1 aromatic carbocycles. The third-order valence-corrected chi connectivity index (χ3v) is 12.2. The minimum atomic E-state index is -4.41. The minimum absolute atomic E-state index is 0.0305. The third kappa shape index (κ3) is 7.25. The zero-order valence-corrected chi connectivity index (χ0v) is 30.0. The summed E-state index contributed by atoms with van der Waals surface area (Å²) < 4.78 is 63.5. The van der Waals surface area contributed by atoms with E-state index in [0.717, 1.165) is 73.8 Å². The van der Waals surface area contributed by atoms with Gasteiger partial charge in [-0.05, 0) is 81.8 Å². The van der Waals surface area contributed by atoms with Gasteiger partial charge in [-0.2, -0.15) is 13.2 Å². The molecular weight excluding hydrogens is 652 g/mol. The van der Waals surface area contributed by atoms with Crippen LogP contribution in [0.2, 0.25) is 25.7 Å². The molecule has 4 atom stereocenters. The lowest BCUT2D eigenvalue weighted by Gasteiger charge is -2.36. The molecule has 3 fully saturated rings.